The predicted molar refractivity (Wildman–Crippen MR) is 124 cm³/mol. The maximum atomic E-state index is 6.09. The zero-order valence-electron chi connectivity index (χ0n) is 18.3. The van der Waals surface area contributed by atoms with Crippen LogP contribution in [0, 0.1) is 5.41 Å². The van der Waals surface area contributed by atoms with Crippen LogP contribution in [0.25, 0.3) is 0 Å². The topological polar surface area (TPSA) is 24.5 Å². The van der Waals surface area contributed by atoms with Gasteiger partial charge in [0.15, 0.2) is 0 Å². The summed E-state index contributed by atoms with van der Waals surface area (Å²) in [5.74, 6) is 0. The maximum Gasteiger partial charge on any atom is 0.0631 e. The molecule has 29 heavy (non-hydrogen) atoms. The van der Waals surface area contributed by atoms with Gasteiger partial charge in [-0.1, -0.05) is 35.9 Å². The van der Waals surface area contributed by atoms with E-state index in [0.29, 0.717) is 0 Å². The molecule has 3 rings (SSSR count). The number of nitrogens with one attached hydrogen (secondary N) is 1. The van der Waals surface area contributed by atoms with Crippen molar-refractivity contribution in [1.82, 2.24) is 5.32 Å². The molecule has 1 N–H and O–H groups in total. The molecule has 1 unspecified atom stereocenters. The highest BCUT2D eigenvalue weighted by atomic mass is 35.5. The maximum absolute atomic E-state index is 6.09. The van der Waals surface area contributed by atoms with E-state index in [0.717, 1.165) is 50.4 Å². The van der Waals surface area contributed by atoms with Crippen LogP contribution in [0.3, 0.4) is 0 Å². The van der Waals surface area contributed by atoms with Gasteiger partial charge in [0.25, 0.3) is 0 Å². The van der Waals surface area contributed by atoms with Crippen molar-refractivity contribution in [3.63, 3.8) is 0 Å². The first kappa shape index (κ1) is 22.1. The number of benzene rings is 2. The van der Waals surface area contributed by atoms with Gasteiger partial charge in [0.2, 0.25) is 0 Å². The molecule has 0 aliphatic carbocycles. The van der Waals surface area contributed by atoms with Gasteiger partial charge in [-0.3, -0.25) is 0 Å². The molecule has 0 amide bonds. The second-order valence-corrected chi connectivity index (χ2v) is 9.76. The summed E-state index contributed by atoms with van der Waals surface area (Å²) in [6.45, 7) is 7.21. The molecular weight excluding hydrogens is 380 g/mol. The average molecular weight is 415 g/mol. The van der Waals surface area contributed by atoms with E-state index in [1.165, 1.54) is 16.8 Å². The average Bonchev–Trinajstić information content (AvgIpc) is 2.67. The molecule has 2 aromatic rings. The lowest BCUT2D eigenvalue weighted by Gasteiger charge is -2.45. The summed E-state index contributed by atoms with van der Waals surface area (Å²) in [6, 6.07) is 17.1. The van der Waals surface area contributed by atoms with Crippen LogP contribution in [0.1, 0.15) is 44.2 Å². The van der Waals surface area contributed by atoms with Crippen LogP contribution in [0.15, 0.2) is 48.5 Å². The van der Waals surface area contributed by atoms with Crippen molar-refractivity contribution in [2.24, 2.45) is 5.41 Å². The van der Waals surface area contributed by atoms with E-state index in [9.17, 15) is 0 Å². The van der Waals surface area contributed by atoms with Crippen LogP contribution in [0.4, 0.5) is 5.69 Å². The van der Waals surface area contributed by atoms with Gasteiger partial charge in [0, 0.05) is 38.0 Å². The van der Waals surface area contributed by atoms with E-state index in [2.05, 4.69) is 74.6 Å². The van der Waals surface area contributed by atoms with Gasteiger partial charge in [-0.05, 0) is 86.9 Å². The fraction of sp³-hybridized carbons (Fsp3) is 0.520. The molecule has 1 aliphatic rings. The SMILES string of the molecule is CN(C)c1ccc(CNCCC2(Cc3ccc(Cl)cc3)CCOC(C)(C)C2)cc1. The van der Waals surface area contributed by atoms with Gasteiger partial charge < -0.3 is 15.0 Å². The smallest absolute Gasteiger partial charge is 0.0631 e. The van der Waals surface area contributed by atoms with Crippen LogP contribution < -0.4 is 10.2 Å². The summed E-state index contributed by atoms with van der Waals surface area (Å²) in [4.78, 5) is 2.13. The molecule has 4 heteroatoms. The lowest BCUT2D eigenvalue weighted by Crippen LogP contribution is -2.43. The van der Waals surface area contributed by atoms with E-state index in [4.69, 9.17) is 16.3 Å². The Kier molecular flexibility index (Phi) is 7.26. The third-order valence-corrected chi connectivity index (χ3v) is 6.28. The van der Waals surface area contributed by atoms with E-state index in [1.54, 1.807) is 0 Å². The summed E-state index contributed by atoms with van der Waals surface area (Å²) in [5, 5.41) is 4.47. The Morgan fingerprint density at radius 2 is 1.66 bits per heavy atom. The Balaban J connectivity index is 1.60. The summed E-state index contributed by atoms with van der Waals surface area (Å²) in [5.41, 5.74) is 4.13. The third kappa shape index (κ3) is 6.47. The second-order valence-electron chi connectivity index (χ2n) is 9.33. The number of ether oxygens (including phenoxy) is 1. The highest BCUT2D eigenvalue weighted by Crippen LogP contribution is 2.44. The Bertz CT molecular complexity index is 770. The minimum atomic E-state index is -0.0628. The van der Waals surface area contributed by atoms with E-state index < -0.39 is 0 Å². The first-order valence-electron chi connectivity index (χ1n) is 10.6. The van der Waals surface area contributed by atoms with Gasteiger partial charge in [-0.25, -0.2) is 0 Å². The molecule has 2 aromatic carbocycles. The van der Waals surface area contributed by atoms with Crippen molar-refractivity contribution in [3.05, 3.63) is 64.7 Å². The lowest BCUT2D eigenvalue weighted by molar-refractivity contribution is -0.107. The zero-order valence-corrected chi connectivity index (χ0v) is 19.1. The number of hydrogen-bond donors (Lipinski definition) is 1. The molecule has 0 aromatic heterocycles. The quantitative estimate of drug-likeness (QED) is 0.560. The van der Waals surface area contributed by atoms with Crippen LogP contribution in [0.2, 0.25) is 5.02 Å². The van der Waals surface area contributed by atoms with Crippen LogP contribution in [0.5, 0.6) is 0 Å². The number of halogens is 1. The molecule has 1 fully saturated rings. The Hall–Kier alpha value is -1.55. The van der Waals surface area contributed by atoms with Crippen molar-refractivity contribution >= 4 is 17.3 Å². The largest absolute Gasteiger partial charge is 0.378 e. The lowest BCUT2D eigenvalue weighted by atomic mass is 9.68. The standard InChI is InChI=1S/C25H35ClN2O/c1-24(2)19-25(14-16-29-24,17-20-5-9-22(26)10-6-20)13-15-27-18-21-7-11-23(12-8-21)28(3)4/h5-12,27H,13-19H2,1-4H3. The molecule has 1 aliphatic heterocycles. The van der Waals surface area contributed by atoms with Crippen molar-refractivity contribution in [3.8, 4) is 0 Å². The van der Waals surface area contributed by atoms with Gasteiger partial charge in [0.1, 0.15) is 0 Å². The van der Waals surface area contributed by atoms with E-state index in [1.807, 2.05) is 12.1 Å². The molecule has 158 valence electrons. The van der Waals surface area contributed by atoms with E-state index in [-0.39, 0.29) is 11.0 Å². The fourth-order valence-electron chi connectivity index (χ4n) is 4.57. The Morgan fingerprint density at radius 1 is 1.00 bits per heavy atom. The Morgan fingerprint density at radius 3 is 2.28 bits per heavy atom. The number of hydrogen-bond acceptors (Lipinski definition) is 3. The molecule has 0 saturated carbocycles. The zero-order chi connectivity index (χ0) is 20.9. The van der Waals surface area contributed by atoms with Crippen molar-refractivity contribution < 1.29 is 4.74 Å². The molecule has 1 atom stereocenters. The van der Waals surface area contributed by atoms with Crippen LogP contribution in [-0.2, 0) is 17.7 Å². The van der Waals surface area contributed by atoms with Gasteiger partial charge in [-0.2, -0.15) is 0 Å². The van der Waals surface area contributed by atoms with Gasteiger partial charge in [0.05, 0.1) is 5.60 Å². The van der Waals surface area contributed by atoms with Crippen LogP contribution in [-0.4, -0.2) is 32.8 Å². The molecule has 0 spiro atoms. The Labute approximate surface area is 181 Å². The molecule has 1 saturated heterocycles. The number of nitrogens with zero attached hydrogens (tertiary/aromatic N) is 1. The van der Waals surface area contributed by atoms with Crippen molar-refractivity contribution in [1.29, 1.82) is 0 Å². The van der Waals surface area contributed by atoms with Crippen molar-refractivity contribution in [2.45, 2.75) is 51.7 Å². The first-order chi connectivity index (χ1) is 13.8. The summed E-state index contributed by atoms with van der Waals surface area (Å²) >= 11 is 6.09. The molecule has 0 radical (unpaired) electrons. The van der Waals surface area contributed by atoms with Gasteiger partial charge in [-0.15, -0.1) is 0 Å². The molecular formula is C25H35ClN2O. The molecule has 3 nitrogen and oxygen atoms in total. The monoisotopic (exact) mass is 414 g/mol. The van der Waals surface area contributed by atoms with Gasteiger partial charge >= 0.3 is 0 Å². The summed E-state index contributed by atoms with van der Waals surface area (Å²) in [6.07, 6.45) is 4.43. The third-order valence-electron chi connectivity index (χ3n) is 6.03. The first-order valence-corrected chi connectivity index (χ1v) is 11.0. The van der Waals surface area contributed by atoms with Crippen molar-refractivity contribution in [2.75, 3.05) is 32.1 Å². The van der Waals surface area contributed by atoms with Crippen LogP contribution >= 0.6 is 11.6 Å². The highest BCUT2D eigenvalue weighted by Gasteiger charge is 2.40. The predicted octanol–water partition coefficient (Wildman–Crippen LogP) is 5.70. The van der Waals surface area contributed by atoms with E-state index >= 15 is 0 Å². The molecule has 0 bridgehead atoms. The minimum absolute atomic E-state index is 0.0628. The summed E-state index contributed by atoms with van der Waals surface area (Å²) < 4.78 is 6.04. The normalized spacial score (nSPS) is 21.1. The molecule has 1 heterocycles. The number of rotatable bonds is 8. The highest BCUT2D eigenvalue weighted by molar-refractivity contribution is 6.30. The summed E-state index contributed by atoms with van der Waals surface area (Å²) in [7, 11) is 4.14. The number of anilines is 1. The fourth-order valence-corrected chi connectivity index (χ4v) is 4.70. The minimum Gasteiger partial charge on any atom is -0.378 e. The second kappa shape index (κ2) is 9.51.